The van der Waals surface area contributed by atoms with Crippen molar-refractivity contribution in [3.05, 3.63) is 71.8 Å². The minimum absolute atomic E-state index is 0.217. The van der Waals surface area contributed by atoms with Crippen molar-refractivity contribution in [1.82, 2.24) is 15.4 Å². The largest absolute Gasteiger partial charge is 0.457 e. The molecule has 8 heteroatoms. The zero-order valence-corrected chi connectivity index (χ0v) is 17.8. The summed E-state index contributed by atoms with van der Waals surface area (Å²) < 4.78 is 19.0. The lowest BCUT2D eigenvalue weighted by Gasteiger charge is -2.36. The van der Waals surface area contributed by atoms with Crippen LogP contribution in [0, 0.1) is 5.82 Å². The van der Waals surface area contributed by atoms with Gasteiger partial charge in [0.2, 0.25) is 0 Å². The van der Waals surface area contributed by atoms with Gasteiger partial charge in [0.05, 0.1) is 17.2 Å². The molecule has 2 aliphatic rings. The average molecular weight is 436 g/mol. The molecule has 2 heterocycles. The van der Waals surface area contributed by atoms with Crippen LogP contribution in [-0.4, -0.2) is 27.2 Å². The molecule has 1 aliphatic heterocycles. The zero-order chi connectivity index (χ0) is 22.3. The summed E-state index contributed by atoms with van der Waals surface area (Å²) in [6.07, 6.45) is 4.54. The van der Waals surface area contributed by atoms with Crippen LogP contribution in [0.3, 0.4) is 0 Å². The third-order valence-electron chi connectivity index (χ3n) is 6.44. The number of ether oxygens (including phenoxy) is 1. The van der Waals surface area contributed by atoms with Gasteiger partial charge in [-0.3, -0.25) is 5.01 Å². The molecule has 1 atom stereocenters. The van der Waals surface area contributed by atoms with Gasteiger partial charge in [0.1, 0.15) is 29.5 Å². The molecule has 1 unspecified atom stereocenters. The van der Waals surface area contributed by atoms with Crippen molar-refractivity contribution in [2.24, 2.45) is 0 Å². The third-order valence-corrected chi connectivity index (χ3v) is 6.44. The summed E-state index contributed by atoms with van der Waals surface area (Å²) in [6.45, 7) is 2.07. The highest BCUT2D eigenvalue weighted by atomic mass is 19.1. The SMILES string of the molecule is CC1(c2ccc(Oc3ccc(F)cc3)cc2)NN(C2CCC(O)CC2)c2ncnc(N)c21. The van der Waals surface area contributed by atoms with Crippen molar-refractivity contribution in [3.8, 4) is 11.5 Å². The lowest BCUT2D eigenvalue weighted by atomic mass is 9.86. The second kappa shape index (κ2) is 8.03. The number of nitrogens with zero attached hydrogens (tertiary/aromatic N) is 3. The predicted molar refractivity (Wildman–Crippen MR) is 120 cm³/mol. The summed E-state index contributed by atoms with van der Waals surface area (Å²) in [5.41, 5.74) is 11.2. The van der Waals surface area contributed by atoms with E-state index in [1.807, 2.05) is 24.3 Å². The number of halogens is 1. The van der Waals surface area contributed by atoms with Gasteiger partial charge in [0.25, 0.3) is 0 Å². The Morgan fingerprint density at radius 1 is 1.03 bits per heavy atom. The van der Waals surface area contributed by atoms with Crippen LogP contribution in [-0.2, 0) is 5.54 Å². The van der Waals surface area contributed by atoms with E-state index in [0.717, 1.165) is 42.6 Å². The van der Waals surface area contributed by atoms with Gasteiger partial charge in [0.15, 0.2) is 5.82 Å². The van der Waals surface area contributed by atoms with Crippen molar-refractivity contribution in [2.75, 3.05) is 10.7 Å². The molecule has 1 saturated carbocycles. The molecule has 0 radical (unpaired) electrons. The molecule has 2 aromatic carbocycles. The Kier molecular flexibility index (Phi) is 5.19. The Morgan fingerprint density at radius 3 is 2.31 bits per heavy atom. The van der Waals surface area contributed by atoms with Crippen LogP contribution in [0.5, 0.6) is 11.5 Å². The number of anilines is 2. The summed E-state index contributed by atoms with van der Waals surface area (Å²) >= 11 is 0. The summed E-state index contributed by atoms with van der Waals surface area (Å²) in [6, 6.07) is 13.9. The van der Waals surface area contributed by atoms with Crippen LogP contribution < -0.4 is 20.9 Å². The van der Waals surface area contributed by atoms with Gasteiger partial charge in [0, 0.05) is 6.04 Å². The number of fused-ring (bicyclic) bond motifs is 1. The van der Waals surface area contributed by atoms with E-state index in [9.17, 15) is 9.50 Å². The van der Waals surface area contributed by atoms with Crippen molar-refractivity contribution >= 4 is 11.6 Å². The monoisotopic (exact) mass is 435 g/mol. The lowest BCUT2D eigenvalue weighted by Crippen LogP contribution is -2.51. The fraction of sp³-hybridized carbons (Fsp3) is 0.333. The third kappa shape index (κ3) is 3.65. The minimum Gasteiger partial charge on any atom is -0.457 e. The molecule has 1 fully saturated rings. The molecule has 0 amide bonds. The quantitative estimate of drug-likeness (QED) is 0.572. The number of hydrogen-bond donors (Lipinski definition) is 3. The number of aliphatic hydroxyl groups is 1. The van der Waals surface area contributed by atoms with E-state index in [0.29, 0.717) is 17.3 Å². The van der Waals surface area contributed by atoms with E-state index in [1.165, 1.54) is 18.5 Å². The maximum Gasteiger partial charge on any atom is 0.154 e. The van der Waals surface area contributed by atoms with Gasteiger partial charge in [-0.2, -0.15) is 0 Å². The molecule has 0 saturated heterocycles. The van der Waals surface area contributed by atoms with Crippen LogP contribution in [0.1, 0.15) is 43.7 Å². The fourth-order valence-electron chi connectivity index (χ4n) is 4.69. The topological polar surface area (TPSA) is 96.5 Å². The highest BCUT2D eigenvalue weighted by molar-refractivity contribution is 5.67. The maximum atomic E-state index is 13.1. The van der Waals surface area contributed by atoms with Crippen LogP contribution >= 0.6 is 0 Å². The first-order valence-electron chi connectivity index (χ1n) is 10.8. The highest BCUT2D eigenvalue weighted by Crippen LogP contribution is 2.45. The molecule has 32 heavy (non-hydrogen) atoms. The Bertz CT molecular complexity index is 1100. The first-order valence-corrected chi connectivity index (χ1v) is 10.8. The van der Waals surface area contributed by atoms with Gasteiger partial charge >= 0.3 is 0 Å². The maximum absolute atomic E-state index is 13.1. The number of nitrogen functional groups attached to an aromatic ring is 1. The van der Waals surface area contributed by atoms with Crippen LogP contribution in [0.2, 0.25) is 0 Å². The van der Waals surface area contributed by atoms with E-state index < -0.39 is 5.54 Å². The van der Waals surface area contributed by atoms with Gasteiger partial charge in [-0.1, -0.05) is 12.1 Å². The van der Waals surface area contributed by atoms with Crippen LogP contribution in [0.4, 0.5) is 16.0 Å². The Balaban J connectivity index is 1.44. The van der Waals surface area contributed by atoms with Crippen molar-refractivity contribution in [3.63, 3.8) is 0 Å². The van der Waals surface area contributed by atoms with Crippen LogP contribution in [0.15, 0.2) is 54.9 Å². The molecule has 1 aromatic heterocycles. The van der Waals surface area contributed by atoms with Gasteiger partial charge in [-0.05, 0) is 74.6 Å². The van der Waals surface area contributed by atoms with E-state index in [2.05, 4.69) is 27.3 Å². The van der Waals surface area contributed by atoms with E-state index in [1.54, 1.807) is 12.1 Å². The molecule has 5 rings (SSSR count). The average Bonchev–Trinajstić information content (AvgIpc) is 3.11. The fourth-order valence-corrected chi connectivity index (χ4v) is 4.69. The van der Waals surface area contributed by atoms with E-state index in [-0.39, 0.29) is 18.0 Å². The summed E-state index contributed by atoms with van der Waals surface area (Å²) in [4.78, 5) is 8.80. The minimum atomic E-state index is -0.620. The molecule has 3 aromatic rings. The molecule has 4 N–H and O–H groups in total. The number of nitrogens with two attached hydrogens (primary N) is 1. The van der Waals surface area contributed by atoms with E-state index >= 15 is 0 Å². The number of rotatable bonds is 4. The Labute approximate surface area is 186 Å². The molecule has 166 valence electrons. The molecular weight excluding hydrogens is 409 g/mol. The molecular formula is C24H26FN5O2. The second-order valence-electron chi connectivity index (χ2n) is 8.61. The summed E-state index contributed by atoms with van der Waals surface area (Å²) in [5, 5.41) is 12.0. The summed E-state index contributed by atoms with van der Waals surface area (Å²) in [5.74, 6) is 2.14. The second-order valence-corrected chi connectivity index (χ2v) is 8.61. The number of benzene rings is 2. The number of aromatic nitrogens is 2. The normalized spacial score (nSPS) is 24.9. The number of hydrogen-bond acceptors (Lipinski definition) is 7. The number of nitrogens with one attached hydrogen (secondary N) is 1. The van der Waals surface area contributed by atoms with E-state index in [4.69, 9.17) is 10.5 Å². The number of hydrazine groups is 1. The molecule has 7 nitrogen and oxygen atoms in total. The van der Waals surface area contributed by atoms with Gasteiger partial charge in [-0.15, -0.1) is 0 Å². The lowest BCUT2D eigenvalue weighted by molar-refractivity contribution is 0.119. The summed E-state index contributed by atoms with van der Waals surface area (Å²) in [7, 11) is 0. The first-order chi connectivity index (χ1) is 15.4. The highest BCUT2D eigenvalue weighted by Gasteiger charge is 2.45. The first kappa shape index (κ1) is 20.7. The smallest absolute Gasteiger partial charge is 0.154 e. The van der Waals surface area contributed by atoms with Crippen molar-refractivity contribution in [1.29, 1.82) is 0 Å². The molecule has 0 spiro atoms. The Morgan fingerprint density at radius 2 is 1.66 bits per heavy atom. The number of aliphatic hydroxyl groups excluding tert-OH is 1. The predicted octanol–water partition coefficient (Wildman–Crippen LogP) is 3.88. The zero-order valence-electron chi connectivity index (χ0n) is 17.8. The molecule has 1 aliphatic carbocycles. The van der Waals surface area contributed by atoms with Gasteiger partial charge < -0.3 is 15.6 Å². The molecule has 0 bridgehead atoms. The van der Waals surface area contributed by atoms with Crippen molar-refractivity contribution in [2.45, 2.75) is 50.3 Å². The standard InChI is InChI=1S/C24H26FN5O2/c1-24(15-2-10-19(11-3-15)32-20-12-4-16(25)5-13-20)21-22(26)27-14-28-23(21)30(29-24)17-6-8-18(31)9-7-17/h2-5,10-14,17-18,29,31H,6-9H2,1H3,(H2,26,27,28). The van der Waals surface area contributed by atoms with Crippen molar-refractivity contribution < 1.29 is 14.2 Å². The van der Waals surface area contributed by atoms with Crippen LogP contribution in [0.25, 0.3) is 0 Å². The Hall–Kier alpha value is -3.23. The van der Waals surface area contributed by atoms with Gasteiger partial charge in [-0.25, -0.2) is 19.8 Å².